The summed E-state index contributed by atoms with van der Waals surface area (Å²) >= 11 is 0. The van der Waals surface area contributed by atoms with E-state index in [0.29, 0.717) is 16.9 Å². The van der Waals surface area contributed by atoms with Crippen molar-refractivity contribution < 1.29 is 9.21 Å². The van der Waals surface area contributed by atoms with E-state index in [0.717, 1.165) is 44.9 Å². The van der Waals surface area contributed by atoms with Crippen molar-refractivity contribution in [2.75, 3.05) is 26.2 Å². The molecule has 0 bridgehead atoms. The first kappa shape index (κ1) is 17.2. The molecule has 1 amide bonds. The lowest BCUT2D eigenvalue weighted by atomic mass is 10.1. The maximum Gasteiger partial charge on any atom is 0.257 e. The molecule has 25 heavy (non-hydrogen) atoms. The molecule has 1 fully saturated rings. The lowest BCUT2D eigenvalue weighted by Crippen LogP contribution is -2.35. The lowest BCUT2D eigenvalue weighted by Gasteiger charge is -2.22. The van der Waals surface area contributed by atoms with Gasteiger partial charge >= 0.3 is 0 Å². The van der Waals surface area contributed by atoms with Gasteiger partial charge in [0.25, 0.3) is 5.91 Å². The van der Waals surface area contributed by atoms with Gasteiger partial charge in [-0.2, -0.15) is 5.26 Å². The number of aryl methyl sites for hydroxylation is 2. The van der Waals surface area contributed by atoms with Crippen LogP contribution in [0.4, 0.5) is 0 Å². The molecule has 5 nitrogen and oxygen atoms in total. The van der Waals surface area contributed by atoms with E-state index in [2.05, 4.69) is 11.0 Å². The van der Waals surface area contributed by atoms with Crippen molar-refractivity contribution in [1.29, 1.82) is 5.26 Å². The molecule has 3 rings (SSSR count). The van der Waals surface area contributed by atoms with Crippen molar-refractivity contribution in [3.63, 3.8) is 0 Å². The van der Waals surface area contributed by atoms with Gasteiger partial charge in [0.05, 0.1) is 17.2 Å². The van der Waals surface area contributed by atoms with E-state index < -0.39 is 0 Å². The highest BCUT2D eigenvalue weighted by atomic mass is 16.3. The van der Waals surface area contributed by atoms with E-state index in [1.165, 1.54) is 5.56 Å². The highest BCUT2D eigenvalue weighted by Gasteiger charge is 2.23. The standard InChI is InChI=1S/C20H23N3O2/c1-15-12-19(16(2)25-15)20(24)23-9-3-8-22(10-11-23)14-18-6-4-17(13-21)5-7-18/h4-7,12H,3,8-11,14H2,1-2H3. The highest BCUT2D eigenvalue weighted by molar-refractivity contribution is 5.95. The van der Waals surface area contributed by atoms with Crippen molar-refractivity contribution in [2.24, 2.45) is 0 Å². The molecule has 0 aliphatic carbocycles. The minimum absolute atomic E-state index is 0.0644. The third-order valence-electron chi connectivity index (χ3n) is 4.64. The Morgan fingerprint density at radius 1 is 1.16 bits per heavy atom. The van der Waals surface area contributed by atoms with Crippen LogP contribution in [-0.2, 0) is 6.54 Å². The molecule has 1 aliphatic heterocycles. The van der Waals surface area contributed by atoms with Crippen LogP contribution < -0.4 is 0 Å². The summed E-state index contributed by atoms with van der Waals surface area (Å²) in [6, 6.07) is 11.7. The van der Waals surface area contributed by atoms with Crippen LogP contribution in [-0.4, -0.2) is 41.9 Å². The third kappa shape index (κ3) is 4.09. The molecule has 0 radical (unpaired) electrons. The number of furan rings is 1. The van der Waals surface area contributed by atoms with Crippen LogP contribution in [0.1, 0.15) is 39.4 Å². The van der Waals surface area contributed by atoms with E-state index in [1.54, 1.807) is 0 Å². The Morgan fingerprint density at radius 2 is 1.92 bits per heavy atom. The maximum atomic E-state index is 12.7. The molecule has 0 spiro atoms. The number of nitrogens with zero attached hydrogens (tertiary/aromatic N) is 3. The average molecular weight is 337 g/mol. The zero-order valence-electron chi connectivity index (χ0n) is 14.8. The van der Waals surface area contributed by atoms with Gasteiger partial charge in [-0.25, -0.2) is 0 Å². The Kier molecular flexibility index (Phi) is 5.20. The third-order valence-corrected chi connectivity index (χ3v) is 4.64. The second-order valence-electron chi connectivity index (χ2n) is 6.56. The molecule has 1 aliphatic rings. The van der Waals surface area contributed by atoms with Crippen molar-refractivity contribution >= 4 is 5.91 Å². The van der Waals surface area contributed by atoms with Gasteiger partial charge in [0.1, 0.15) is 11.5 Å². The van der Waals surface area contributed by atoms with Crippen molar-refractivity contribution in [3.05, 3.63) is 58.5 Å². The first-order valence-corrected chi connectivity index (χ1v) is 8.64. The predicted molar refractivity (Wildman–Crippen MR) is 95.1 cm³/mol. The fraction of sp³-hybridized carbons (Fsp3) is 0.400. The smallest absolute Gasteiger partial charge is 0.257 e. The molecule has 0 unspecified atom stereocenters. The summed E-state index contributed by atoms with van der Waals surface area (Å²) in [6.07, 6.45) is 0.956. The summed E-state index contributed by atoms with van der Waals surface area (Å²) in [5.41, 5.74) is 2.56. The van der Waals surface area contributed by atoms with Gasteiger partial charge in [-0.05, 0) is 44.0 Å². The Morgan fingerprint density at radius 3 is 2.56 bits per heavy atom. The number of carbonyl (C=O) groups is 1. The first-order valence-electron chi connectivity index (χ1n) is 8.64. The number of hydrogen-bond acceptors (Lipinski definition) is 4. The van der Waals surface area contributed by atoms with Gasteiger partial charge in [0.15, 0.2) is 0 Å². The normalized spacial score (nSPS) is 15.6. The average Bonchev–Trinajstić information content (AvgIpc) is 2.81. The van der Waals surface area contributed by atoms with Crippen LogP contribution in [0.5, 0.6) is 0 Å². The van der Waals surface area contributed by atoms with E-state index in [4.69, 9.17) is 9.68 Å². The van der Waals surface area contributed by atoms with Gasteiger partial charge < -0.3 is 9.32 Å². The topological polar surface area (TPSA) is 60.5 Å². The molecule has 0 N–H and O–H groups in total. The summed E-state index contributed by atoms with van der Waals surface area (Å²) < 4.78 is 5.50. The Bertz CT molecular complexity index is 786. The zero-order chi connectivity index (χ0) is 17.8. The van der Waals surface area contributed by atoms with E-state index >= 15 is 0 Å². The molecular weight excluding hydrogens is 314 g/mol. The fourth-order valence-corrected chi connectivity index (χ4v) is 3.29. The van der Waals surface area contributed by atoms with Crippen LogP contribution in [0.25, 0.3) is 0 Å². The van der Waals surface area contributed by atoms with Crippen molar-refractivity contribution in [2.45, 2.75) is 26.8 Å². The molecular formula is C20H23N3O2. The van der Waals surface area contributed by atoms with E-state index in [1.807, 2.05) is 49.1 Å². The minimum atomic E-state index is 0.0644. The quantitative estimate of drug-likeness (QED) is 0.863. The zero-order valence-corrected chi connectivity index (χ0v) is 14.8. The summed E-state index contributed by atoms with van der Waals surface area (Å²) in [5.74, 6) is 1.54. The van der Waals surface area contributed by atoms with Crippen LogP contribution >= 0.6 is 0 Å². The lowest BCUT2D eigenvalue weighted by molar-refractivity contribution is 0.0759. The molecule has 1 aromatic carbocycles. The Hall–Kier alpha value is -2.58. The van der Waals surface area contributed by atoms with E-state index in [9.17, 15) is 4.79 Å². The Labute approximate surface area is 148 Å². The molecule has 0 saturated carbocycles. The van der Waals surface area contributed by atoms with Crippen LogP contribution in [0.3, 0.4) is 0 Å². The highest BCUT2D eigenvalue weighted by Crippen LogP contribution is 2.18. The summed E-state index contributed by atoms with van der Waals surface area (Å²) in [5, 5.41) is 8.88. The van der Waals surface area contributed by atoms with Crippen molar-refractivity contribution in [3.8, 4) is 6.07 Å². The van der Waals surface area contributed by atoms with Gasteiger partial charge in [-0.3, -0.25) is 9.69 Å². The molecule has 5 heteroatoms. The Balaban J connectivity index is 1.61. The molecule has 2 heterocycles. The SMILES string of the molecule is Cc1cc(C(=O)N2CCCN(Cc3ccc(C#N)cc3)CC2)c(C)o1. The number of rotatable bonds is 3. The van der Waals surface area contributed by atoms with E-state index in [-0.39, 0.29) is 5.91 Å². The largest absolute Gasteiger partial charge is 0.466 e. The fourth-order valence-electron chi connectivity index (χ4n) is 3.29. The minimum Gasteiger partial charge on any atom is -0.466 e. The van der Waals surface area contributed by atoms with Gasteiger partial charge in [-0.1, -0.05) is 12.1 Å². The predicted octanol–water partition coefficient (Wildman–Crippen LogP) is 3.12. The van der Waals surface area contributed by atoms with Crippen LogP contribution in [0.2, 0.25) is 0 Å². The molecule has 0 atom stereocenters. The summed E-state index contributed by atoms with van der Waals surface area (Å²) in [7, 11) is 0. The number of nitriles is 1. The monoisotopic (exact) mass is 337 g/mol. The first-order chi connectivity index (χ1) is 12.1. The maximum absolute atomic E-state index is 12.7. The molecule has 1 aromatic heterocycles. The van der Waals surface area contributed by atoms with Crippen molar-refractivity contribution in [1.82, 2.24) is 9.80 Å². The summed E-state index contributed by atoms with van der Waals surface area (Å²) in [6.45, 7) is 7.86. The molecule has 130 valence electrons. The number of amides is 1. The summed E-state index contributed by atoms with van der Waals surface area (Å²) in [4.78, 5) is 17.0. The second-order valence-corrected chi connectivity index (χ2v) is 6.56. The van der Waals surface area contributed by atoms with Crippen LogP contribution in [0.15, 0.2) is 34.7 Å². The number of carbonyl (C=O) groups excluding carboxylic acids is 1. The molecule has 2 aromatic rings. The second kappa shape index (κ2) is 7.54. The van der Waals surface area contributed by atoms with Gasteiger partial charge in [-0.15, -0.1) is 0 Å². The van der Waals surface area contributed by atoms with Gasteiger partial charge in [0, 0.05) is 32.7 Å². The number of hydrogen-bond donors (Lipinski definition) is 0. The van der Waals surface area contributed by atoms with Gasteiger partial charge in [0.2, 0.25) is 0 Å². The van der Waals surface area contributed by atoms with Crippen LogP contribution in [0, 0.1) is 25.2 Å². The number of benzene rings is 1. The molecule has 1 saturated heterocycles.